The van der Waals surface area contributed by atoms with Crippen molar-refractivity contribution in [1.29, 1.82) is 0 Å². The zero-order valence-corrected chi connectivity index (χ0v) is 13.8. The molecule has 0 spiro atoms. The third-order valence-electron chi connectivity index (χ3n) is 2.38. The van der Waals surface area contributed by atoms with Crippen LogP contribution in [0.5, 0.6) is 6.01 Å². The molecule has 0 radical (unpaired) electrons. The van der Waals surface area contributed by atoms with E-state index < -0.39 is 3.79 Å². The molecule has 0 aliphatic rings. The van der Waals surface area contributed by atoms with Crippen molar-refractivity contribution in [3.8, 4) is 6.01 Å². The Morgan fingerprint density at radius 2 is 1.76 bits per heavy atom. The molecule has 1 aromatic carbocycles. The van der Waals surface area contributed by atoms with Crippen molar-refractivity contribution in [1.82, 2.24) is 15.0 Å². The van der Waals surface area contributed by atoms with Crippen LogP contribution in [-0.4, -0.2) is 32.4 Å². The number of anilines is 2. The van der Waals surface area contributed by atoms with E-state index in [1.807, 2.05) is 30.3 Å². The fourth-order valence-electron chi connectivity index (χ4n) is 1.45. The Labute approximate surface area is 141 Å². The molecule has 9 heteroatoms. The lowest BCUT2D eigenvalue weighted by Gasteiger charge is -2.18. The maximum atomic E-state index is 5.86. The lowest BCUT2D eigenvalue weighted by atomic mass is 10.3. The Morgan fingerprint density at radius 3 is 2.38 bits per heavy atom. The van der Waals surface area contributed by atoms with Gasteiger partial charge < -0.3 is 9.64 Å². The molecule has 0 aliphatic carbocycles. The maximum absolute atomic E-state index is 5.86. The van der Waals surface area contributed by atoms with Crippen molar-refractivity contribution in [2.45, 2.75) is 3.79 Å². The summed E-state index contributed by atoms with van der Waals surface area (Å²) in [6.45, 7) is -0.202. The summed E-state index contributed by atoms with van der Waals surface area (Å²) in [7, 11) is 1.79. The van der Waals surface area contributed by atoms with Gasteiger partial charge in [0.25, 0.3) is 0 Å². The standard InChI is InChI=1S/C12H10Cl4N4O/c1-20(8-5-3-2-4-6-8)10-17-9(13)18-11(19-10)21-7-12(14,15)16/h2-6H,7H2,1H3. The smallest absolute Gasteiger partial charge is 0.322 e. The van der Waals surface area contributed by atoms with E-state index in [1.54, 1.807) is 11.9 Å². The second kappa shape index (κ2) is 6.83. The molecule has 0 bridgehead atoms. The molecule has 21 heavy (non-hydrogen) atoms. The molecule has 0 fully saturated rings. The molecule has 0 N–H and O–H groups in total. The lowest BCUT2D eigenvalue weighted by molar-refractivity contribution is 0.299. The van der Waals surface area contributed by atoms with Crippen molar-refractivity contribution in [2.75, 3.05) is 18.6 Å². The highest BCUT2D eigenvalue weighted by molar-refractivity contribution is 6.67. The highest BCUT2D eigenvalue weighted by atomic mass is 35.6. The van der Waals surface area contributed by atoms with E-state index in [4.69, 9.17) is 51.1 Å². The summed E-state index contributed by atoms with van der Waals surface area (Å²) >= 11 is 22.7. The van der Waals surface area contributed by atoms with E-state index >= 15 is 0 Å². The molecule has 0 saturated carbocycles. The average molecular weight is 368 g/mol. The van der Waals surface area contributed by atoms with Gasteiger partial charge in [-0.2, -0.15) is 15.0 Å². The molecule has 2 rings (SSSR count). The Kier molecular flexibility index (Phi) is 5.32. The summed E-state index contributed by atoms with van der Waals surface area (Å²) in [5.41, 5.74) is 0.882. The van der Waals surface area contributed by atoms with E-state index in [2.05, 4.69) is 15.0 Å². The minimum atomic E-state index is -1.56. The molecule has 5 nitrogen and oxygen atoms in total. The van der Waals surface area contributed by atoms with Crippen molar-refractivity contribution >= 4 is 58.0 Å². The van der Waals surface area contributed by atoms with Gasteiger partial charge in [0.2, 0.25) is 15.0 Å². The Bertz CT molecular complexity index is 606. The summed E-state index contributed by atoms with van der Waals surface area (Å²) in [5, 5.41) is -0.0119. The minimum Gasteiger partial charge on any atom is -0.459 e. The van der Waals surface area contributed by atoms with E-state index in [0.717, 1.165) is 5.69 Å². The van der Waals surface area contributed by atoms with Gasteiger partial charge in [-0.05, 0) is 23.7 Å². The lowest BCUT2D eigenvalue weighted by Crippen LogP contribution is -2.18. The van der Waals surface area contributed by atoms with Crippen LogP contribution in [0.3, 0.4) is 0 Å². The van der Waals surface area contributed by atoms with Gasteiger partial charge in [0, 0.05) is 12.7 Å². The number of hydrogen-bond acceptors (Lipinski definition) is 5. The van der Waals surface area contributed by atoms with Crippen LogP contribution >= 0.6 is 46.4 Å². The van der Waals surface area contributed by atoms with E-state index in [1.165, 1.54) is 0 Å². The van der Waals surface area contributed by atoms with Gasteiger partial charge in [-0.15, -0.1) is 0 Å². The molecule has 0 unspecified atom stereocenters. The Morgan fingerprint density at radius 1 is 1.10 bits per heavy atom. The van der Waals surface area contributed by atoms with Crippen molar-refractivity contribution < 1.29 is 4.74 Å². The molecule has 0 aliphatic heterocycles. The van der Waals surface area contributed by atoms with Crippen LogP contribution in [0, 0.1) is 0 Å². The van der Waals surface area contributed by atoms with Gasteiger partial charge in [-0.3, -0.25) is 0 Å². The number of halogens is 4. The Balaban J connectivity index is 2.22. The normalized spacial score (nSPS) is 11.3. The SMILES string of the molecule is CN(c1ccccc1)c1nc(Cl)nc(OCC(Cl)(Cl)Cl)n1. The molecule has 112 valence electrons. The molecule has 2 aromatic rings. The topological polar surface area (TPSA) is 51.1 Å². The monoisotopic (exact) mass is 366 g/mol. The van der Waals surface area contributed by atoms with E-state index in [-0.39, 0.29) is 17.9 Å². The Hall–Kier alpha value is -1.01. The van der Waals surface area contributed by atoms with Crippen LogP contribution < -0.4 is 9.64 Å². The fourth-order valence-corrected chi connectivity index (χ4v) is 1.76. The molecule has 0 amide bonds. The summed E-state index contributed by atoms with van der Waals surface area (Å²) in [6.07, 6.45) is 0. The van der Waals surface area contributed by atoms with Crippen LogP contribution in [0.25, 0.3) is 0 Å². The maximum Gasteiger partial charge on any atom is 0.322 e. The molecule has 0 saturated heterocycles. The molecule has 1 aromatic heterocycles. The van der Waals surface area contributed by atoms with Crippen LogP contribution in [0.1, 0.15) is 0 Å². The number of alkyl halides is 3. The molecular formula is C12H10Cl4N4O. The van der Waals surface area contributed by atoms with E-state index in [0.29, 0.717) is 5.95 Å². The highest BCUT2D eigenvalue weighted by Crippen LogP contribution is 2.27. The quantitative estimate of drug-likeness (QED) is 0.763. The van der Waals surface area contributed by atoms with E-state index in [9.17, 15) is 0 Å². The van der Waals surface area contributed by atoms with Gasteiger partial charge in [-0.25, -0.2) is 0 Å². The summed E-state index contributed by atoms with van der Waals surface area (Å²) in [5.74, 6) is 0.320. The van der Waals surface area contributed by atoms with Gasteiger partial charge in [-0.1, -0.05) is 53.0 Å². The number of para-hydroxylation sites is 1. The molecular weight excluding hydrogens is 358 g/mol. The van der Waals surface area contributed by atoms with Crippen LogP contribution in [0.4, 0.5) is 11.6 Å². The van der Waals surface area contributed by atoms with Crippen LogP contribution in [0.2, 0.25) is 5.28 Å². The first-order valence-electron chi connectivity index (χ1n) is 5.75. The first-order valence-corrected chi connectivity index (χ1v) is 7.26. The second-order valence-corrected chi connectivity index (χ2v) is 6.84. The zero-order chi connectivity index (χ0) is 15.5. The first kappa shape index (κ1) is 16.4. The number of hydrogen-bond donors (Lipinski definition) is 0. The number of benzene rings is 1. The molecule has 0 atom stereocenters. The fraction of sp³-hybridized carbons (Fsp3) is 0.250. The van der Waals surface area contributed by atoms with Gasteiger partial charge >= 0.3 is 6.01 Å². The van der Waals surface area contributed by atoms with Crippen LogP contribution in [-0.2, 0) is 0 Å². The third kappa shape index (κ3) is 5.04. The van der Waals surface area contributed by atoms with Crippen molar-refractivity contribution in [3.63, 3.8) is 0 Å². The summed E-state index contributed by atoms with van der Waals surface area (Å²) < 4.78 is 3.64. The minimum absolute atomic E-state index is 0.0119. The molecule has 1 heterocycles. The number of ether oxygens (including phenoxy) is 1. The summed E-state index contributed by atoms with van der Waals surface area (Å²) in [4.78, 5) is 13.7. The van der Waals surface area contributed by atoms with Gasteiger partial charge in [0.15, 0.2) is 0 Å². The number of rotatable bonds is 4. The second-order valence-electron chi connectivity index (χ2n) is 3.99. The number of nitrogens with zero attached hydrogens (tertiary/aromatic N) is 4. The van der Waals surface area contributed by atoms with Gasteiger partial charge in [0.05, 0.1) is 0 Å². The predicted molar refractivity (Wildman–Crippen MR) is 85.1 cm³/mol. The largest absolute Gasteiger partial charge is 0.459 e. The average Bonchev–Trinajstić information content (AvgIpc) is 2.44. The van der Waals surface area contributed by atoms with Crippen molar-refractivity contribution in [2.24, 2.45) is 0 Å². The van der Waals surface area contributed by atoms with Crippen LogP contribution in [0.15, 0.2) is 30.3 Å². The zero-order valence-electron chi connectivity index (χ0n) is 10.8. The van der Waals surface area contributed by atoms with Gasteiger partial charge in [0.1, 0.15) is 6.61 Å². The van der Waals surface area contributed by atoms with Crippen molar-refractivity contribution in [3.05, 3.63) is 35.6 Å². The third-order valence-corrected chi connectivity index (χ3v) is 2.88. The number of aromatic nitrogens is 3. The highest BCUT2D eigenvalue weighted by Gasteiger charge is 2.22. The predicted octanol–water partition coefficient (Wildman–Crippen LogP) is 4.04. The summed E-state index contributed by atoms with van der Waals surface area (Å²) in [6, 6.07) is 9.50. The first-order chi connectivity index (χ1) is 9.85.